The molecule has 1 N–H and O–H groups in total. The molecular weight excluding hydrogens is 224 g/mol. The van der Waals surface area contributed by atoms with Crippen molar-refractivity contribution in [1.82, 2.24) is 5.32 Å². The molecular formula is C15H24N2O. The van der Waals surface area contributed by atoms with E-state index in [-0.39, 0.29) is 0 Å². The lowest BCUT2D eigenvalue weighted by Gasteiger charge is -2.36. The smallest absolute Gasteiger partial charge is 0.120 e. The predicted octanol–water partition coefficient (Wildman–Crippen LogP) is 2.52. The topological polar surface area (TPSA) is 24.5 Å². The van der Waals surface area contributed by atoms with Crippen molar-refractivity contribution < 1.29 is 4.74 Å². The van der Waals surface area contributed by atoms with Gasteiger partial charge in [0.2, 0.25) is 0 Å². The zero-order valence-electron chi connectivity index (χ0n) is 11.6. The molecule has 1 saturated heterocycles. The molecule has 100 valence electrons. The molecule has 0 aromatic heterocycles. The lowest BCUT2D eigenvalue weighted by atomic mass is 10.0. The minimum atomic E-state index is 0.602. The van der Waals surface area contributed by atoms with Crippen molar-refractivity contribution >= 4 is 5.69 Å². The number of benzene rings is 1. The fourth-order valence-electron chi connectivity index (χ4n) is 2.59. The van der Waals surface area contributed by atoms with Gasteiger partial charge in [-0.2, -0.15) is 0 Å². The molecule has 0 aliphatic carbocycles. The van der Waals surface area contributed by atoms with Gasteiger partial charge in [-0.3, -0.25) is 0 Å². The third-order valence-electron chi connectivity index (χ3n) is 3.43. The second-order valence-electron chi connectivity index (χ2n) is 5.43. The number of rotatable bonds is 4. The molecule has 1 atom stereocenters. The summed E-state index contributed by atoms with van der Waals surface area (Å²) < 4.78 is 5.29. The van der Waals surface area contributed by atoms with Crippen molar-refractivity contribution in [1.29, 1.82) is 0 Å². The minimum Gasteiger partial charge on any atom is -0.497 e. The van der Waals surface area contributed by atoms with Crippen molar-refractivity contribution in [3.63, 3.8) is 0 Å². The van der Waals surface area contributed by atoms with Crippen LogP contribution in [0.5, 0.6) is 5.75 Å². The van der Waals surface area contributed by atoms with Gasteiger partial charge in [0.25, 0.3) is 0 Å². The van der Waals surface area contributed by atoms with Crippen LogP contribution in [0.3, 0.4) is 0 Å². The number of anilines is 1. The lowest BCUT2D eigenvalue weighted by Crippen LogP contribution is -2.51. The highest BCUT2D eigenvalue weighted by atomic mass is 16.5. The van der Waals surface area contributed by atoms with E-state index in [4.69, 9.17) is 4.74 Å². The van der Waals surface area contributed by atoms with Gasteiger partial charge in [-0.05, 0) is 24.5 Å². The van der Waals surface area contributed by atoms with E-state index in [9.17, 15) is 0 Å². The van der Waals surface area contributed by atoms with Crippen LogP contribution >= 0.6 is 0 Å². The van der Waals surface area contributed by atoms with Crippen LogP contribution in [-0.4, -0.2) is 32.8 Å². The van der Waals surface area contributed by atoms with Gasteiger partial charge < -0.3 is 15.0 Å². The van der Waals surface area contributed by atoms with Crippen LogP contribution in [0.1, 0.15) is 20.3 Å². The van der Waals surface area contributed by atoms with Crippen molar-refractivity contribution in [2.24, 2.45) is 5.92 Å². The molecule has 18 heavy (non-hydrogen) atoms. The van der Waals surface area contributed by atoms with Gasteiger partial charge in [0.1, 0.15) is 5.75 Å². The normalized spacial score (nSPS) is 20.2. The number of methoxy groups -OCH3 is 1. The van der Waals surface area contributed by atoms with Gasteiger partial charge in [0, 0.05) is 37.4 Å². The molecule has 1 fully saturated rings. The molecule has 1 aliphatic rings. The summed E-state index contributed by atoms with van der Waals surface area (Å²) in [5.74, 6) is 1.68. The fraction of sp³-hybridized carbons (Fsp3) is 0.600. The Bertz CT molecular complexity index is 379. The number of hydrogen-bond acceptors (Lipinski definition) is 3. The summed E-state index contributed by atoms with van der Waals surface area (Å²) in [6.45, 7) is 7.79. The van der Waals surface area contributed by atoms with Crippen LogP contribution in [0.2, 0.25) is 0 Å². The Hall–Kier alpha value is -1.22. The molecule has 0 amide bonds. The zero-order valence-corrected chi connectivity index (χ0v) is 11.6. The van der Waals surface area contributed by atoms with Crippen LogP contribution in [-0.2, 0) is 0 Å². The Morgan fingerprint density at radius 3 is 3.00 bits per heavy atom. The van der Waals surface area contributed by atoms with Crippen LogP contribution in [0.15, 0.2) is 24.3 Å². The van der Waals surface area contributed by atoms with Crippen LogP contribution in [0.25, 0.3) is 0 Å². The first-order valence-corrected chi connectivity index (χ1v) is 6.81. The Kier molecular flexibility index (Phi) is 4.48. The highest BCUT2D eigenvalue weighted by molar-refractivity contribution is 5.51. The average Bonchev–Trinajstić information content (AvgIpc) is 2.38. The molecule has 1 aliphatic heterocycles. The third-order valence-corrected chi connectivity index (χ3v) is 3.43. The maximum Gasteiger partial charge on any atom is 0.120 e. The Labute approximate surface area is 110 Å². The average molecular weight is 248 g/mol. The second-order valence-corrected chi connectivity index (χ2v) is 5.43. The Balaban J connectivity index is 2.03. The van der Waals surface area contributed by atoms with E-state index in [1.165, 1.54) is 12.1 Å². The molecule has 0 radical (unpaired) electrons. The molecule has 2 rings (SSSR count). The van der Waals surface area contributed by atoms with E-state index in [1.54, 1.807) is 7.11 Å². The molecule has 1 aromatic carbocycles. The van der Waals surface area contributed by atoms with Gasteiger partial charge in [-0.15, -0.1) is 0 Å². The van der Waals surface area contributed by atoms with Gasteiger partial charge in [-0.1, -0.05) is 19.9 Å². The number of nitrogens with one attached hydrogen (secondary N) is 1. The van der Waals surface area contributed by atoms with Crippen LogP contribution in [0.4, 0.5) is 5.69 Å². The quantitative estimate of drug-likeness (QED) is 0.886. The molecule has 1 aromatic rings. The number of hydrogen-bond donors (Lipinski definition) is 1. The first-order chi connectivity index (χ1) is 8.69. The van der Waals surface area contributed by atoms with E-state index in [1.807, 2.05) is 6.07 Å². The number of ether oxygens (including phenoxy) is 1. The van der Waals surface area contributed by atoms with Crippen molar-refractivity contribution in [3.05, 3.63) is 24.3 Å². The maximum atomic E-state index is 5.29. The van der Waals surface area contributed by atoms with Gasteiger partial charge in [-0.25, -0.2) is 0 Å². The summed E-state index contributed by atoms with van der Waals surface area (Å²) in [4.78, 5) is 2.45. The van der Waals surface area contributed by atoms with Crippen LogP contribution < -0.4 is 15.0 Å². The van der Waals surface area contributed by atoms with Crippen molar-refractivity contribution in [2.75, 3.05) is 31.6 Å². The SMILES string of the molecule is COc1cccc(N2CCNC(CC(C)C)C2)c1. The molecule has 3 nitrogen and oxygen atoms in total. The molecule has 0 spiro atoms. The summed E-state index contributed by atoms with van der Waals surface area (Å²) in [6, 6.07) is 8.95. The highest BCUT2D eigenvalue weighted by Crippen LogP contribution is 2.22. The molecule has 1 unspecified atom stereocenters. The maximum absolute atomic E-state index is 5.29. The highest BCUT2D eigenvalue weighted by Gasteiger charge is 2.20. The minimum absolute atomic E-state index is 0.602. The molecule has 3 heteroatoms. The summed E-state index contributed by atoms with van der Waals surface area (Å²) in [6.07, 6.45) is 1.24. The van der Waals surface area contributed by atoms with Gasteiger partial charge in [0.05, 0.1) is 7.11 Å². The first-order valence-electron chi connectivity index (χ1n) is 6.81. The summed E-state index contributed by atoms with van der Waals surface area (Å²) in [7, 11) is 1.72. The fourth-order valence-corrected chi connectivity index (χ4v) is 2.59. The molecule has 0 saturated carbocycles. The zero-order chi connectivity index (χ0) is 13.0. The molecule has 0 bridgehead atoms. The number of piperazine rings is 1. The van der Waals surface area contributed by atoms with Gasteiger partial charge >= 0.3 is 0 Å². The third kappa shape index (κ3) is 3.39. The summed E-state index contributed by atoms with van der Waals surface area (Å²) in [5, 5.41) is 3.61. The predicted molar refractivity (Wildman–Crippen MR) is 76.5 cm³/mol. The summed E-state index contributed by atoms with van der Waals surface area (Å²) in [5.41, 5.74) is 1.27. The van der Waals surface area contributed by atoms with Crippen molar-refractivity contribution in [3.8, 4) is 5.75 Å². The molecule has 1 heterocycles. The standard InChI is InChI=1S/C15H24N2O/c1-12(2)9-13-11-17(8-7-16-13)14-5-4-6-15(10-14)18-3/h4-6,10,12-13,16H,7-9,11H2,1-3H3. The van der Waals surface area contributed by atoms with E-state index < -0.39 is 0 Å². The lowest BCUT2D eigenvalue weighted by molar-refractivity contribution is 0.387. The van der Waals surface area contributed by atoms with E-state index in [0.29, 0.717) is 6.04 Å². The summed E-state index contributed by atoms with van der Waals surface area (Å²) >= 11 is 0. The Morgan fingerprint density at radius 1 is 1.44 bits per heavy atom. The second kappa shape index (κ2) is 6.10. The monoisotopic (exact) mass is 248 g/mol. The Morgan fingerprint density at radius 2 is 2.28 bits per heavy atom. The van der Waals surface area contributed by atoms with E-state index in [0.717, 1.165) is 31.3 Å². The first kappa shape index (κ1) is 13.2. The van der Waals surface area contributed by atoms with Crippen LogP contribution in [0, 0.1) is 5.92 Å². The van der Waals surface area contributed by atoms with E-state index >= 15 is 0 Å². The largest absolute Gasteiger partial charge is 0.497 e. The van der Waals surface area contributed by atoms with E-state index in [2.05, 4.69) is 42.3 Å². The van der Waals surface area contributed by atoms with Gasteiger partial charge in [0.15, 0.2) is 0 Å². The number of nitrogens with zero attached hydrogens (tertiary/aromatic N) is 1. The van der Waals surface area contributed by atoms with Crippen molar-refractivity contribution in [2.45, 2.75) is 26.3 Å².